The quantitative estimate of drug-likeness (QED) is 0.703. The van der Waals surface area contributed by atoms with E-state index in [9.17, 15) is 5.11 Å². The van der Waals surface area contributed by atoms with E-state index in [1.54, 1.807) is 6.92 Å². The zero-order valence-electron chi connectivity index (χ0n) is 19.1. The van der Waals surface area contributed by atoms with Crippen LogP contribution in [-0.2, 0) is 10.8 Å². The first-order valence-electron chi connectivity index (χ1n) is 9.63. The van der Waals surface area contributed by atoms with Crippen molar-refractivity contribution in [3.8, 4) is 5.75 Å². The summed E-state index contributed by atoms with van der Waals surface area (Å²) in [6.07, 6.45) is 0. The van der Waals surface area contributed by atoms with E-state index < -0.39 is 42.7 Å². The van der Waals surface area contributed by atoms with Crippen LogP contribution in [0.2, 0.25) is 0 Å². The smallest absolute Gasteiger partial charge is 0.119 e. The van der Waals surface area contributed by atoms with Crippen molar-refractivity contribution in [2.45, 2.75) is 59.1 Å². The lowest BCUT2D eigenvalue weighted by atomic mass is 9.78. The van der Waals surface area contributed by atoms with Gasteiger partial charge < -0.3 is 5.11 Å². The van der Waals surface area contributed by atoms with Gasteiger partial charge in [0.15, 0.2) is 0 Å². The first kappa shape index (κ1) is 5.12. The Morgan fingerprint density at radius 2 is 1.56 bits per heavy atom. The minimum atomic E-state index is -3.40. The van der Waals surface area contributed by atoms with Crippen molar-refractivity contribution < 1.29 is 17.4 Å². The molecule has 0 spiro atoms. The third-order valence-electron chi connectivity index (χ3n) is 2.55. The minimum absolute atomic E-state index is 0.503. The first-order chi connectivity index (χ1) is 10.8. The molecule has 0 amide bonds. The first-order valence-corrected chi connectivity index (χ1v) is 5.13. The summed E-state index contributed by atoms with van der Waals surface area (Å²) in [6.45, 7) is -3.01. The van der Waals surface area contributed by atoms with Crippen LogP contribution < -0.4 is 0 Å². The normalized spacial score (nSPS) is 23.6. The molecular weight excluding hydrogens is 196 g/mol. The molecule has 0 aliphatic carbocycles. The van der Waals surface area contributed by atoms with Crippen molar-refractivity contribution in [1.82, 2.24) is 0 Å². The summed E-state index contributed by atoms with van der Waals surface area (Å²) in [6, 6.07) is 2.45. The van der Waals surface area contributed by atoms with Crippen LogP contribution in [0, 0.1) is 6.92 Å². The van der Waals surface area contributed by atoms with Crippen LogP contribution in [0.15, 0.2) is 12.1 Å². The molecule has 0 aromatic heterocycles. The van der Waals surface area contributed by atoms with Crippen LogP contribution in [0.1, 0.15) is 70.4 Å². The summed E-state index contributed by atoms with van der Waals surface area (Å²) < 4.78 is 69.9. The Hall–Kier alpha value is -0.980. The highest BCUT2D eigenvalue weighted by Gasteiger charge is 2.23. The molecule has 0 saturated heterocycles. The van der Waals surface area contributed by atoms with Gasteiger partial charge in [-0.3, -0.25) is 0 Å². The van der Waals surface area contributed by atoms with E-state index in [1.807, 2.05) is 20.8 Å². The molecule has 0 fully saturated rings. The second kappa shape index (κ2) is 3.80. The summed E-state index contributed by atoms with van der Waals surface area (Å²) in [4.78, 5) is 0. The molecule has 0 radical (unpaired) electrons. The number of aryl methyl sites for hydroxylation is 1. The molecule has 1 nitrogen and oxygen atoms in total. The van der Waals surface area contributed by atoms with Crippen molar-refractivity contribution in [1.29, 1.82) is 0 Å². The van der Waals surface area contributed by atoms with Crippen LogP contribution in [0.5, 0.6) is 5.75 Å². The van der Waals surface area contributed by atoms with E-state index in [-0.39, 0.29) is 0 Å². The molecule has 0 saturated carbocycles. The fourth-order valence-corrected chi connectivity index (χ4v) is 1.80. The molecule has 0 unspecified atom stereocenters. The predicted octanol–water partition coefficient (Wildman–Crippen LogP) is 4.30. The summed E-state index contributed by atoms with van der Waals surface area (Å²) in [5.41, 5.74) is -3.11. The van der Waals surface area contributed by atoms with E-state index >= 15 is 0 Å². The molecule has 0 heterocycles. The van der Waals surface area contributed by atoms with Crippen molar-refractivity contribution in [2.75, 3.05) is 0 Å². The maximum absolute atomic E-state index is 10.4. The fraction of sp³-hybridized carbons (Fsp3) is 0.600. The maximum Gasteiger partial charge on any atom is 0.119 e. The molecule has 1 rings (SSSR count). The van der Waals surface area contributed by atoms with Gasteiger partial charge in [0, 0.05) is 12.3 Å². The van der Waals surface area contributed by atoms with Crippen molar-refractivity contribution in [3.63, 3.8) is 0 Å². The van der Waals surface area contributed by atoms with Gasteiger partial charge in [0.2, 0.25) is 0 Å². The number of rotatable bonds is 0. The molecule has 1 aromatic rings. The highest BCUT2D eigenvalue weighted by atomic mass is 16.3. The number of benzene rings is 1. The number of hydrogen-bond acceptors (Lipinski definition) is 1. The number of phenols is 1. The number of hydrogen-bond donors (Lipinski definition) is 1. The Morgan fingerprint density at radius 3 is 2.00 bits per heavy atom. The zero-order valence-corrected chi connectivity index (χ0v) is 10.1. The van der Waals surface area contributed by atoms with Crippen LogP contribution in [0.3, 0.4) is 0 Å². The summed E-state index contributed by atoms with van der Waals surface area (Å²) in [5, 5.41) is 10.4. The second-order valence-corrected chi connectivity index (χ2v) is 5.18. The average molecular weight is 229 g/mol. The highest BCUT2D eigenvalue weighted by molar-refractivity contribution is 5.46. The SMILES string of the molecule is [2H]C([2H])([2H])C(c1cc(C(C)(C)C)c(C)cc1O)(C([2H])([2H])[2H])C([2H])([2H])[2H]. The zero-order chi connectivity index (χ0) is 20.2. The van der Waals surface area contributed by atoms with Crippen molar-refractivity contribution in [3.05, 3.63) is 28.8 Å². The maximum atomic E-state index is 10.4. The van der Waals surface area contributed by atoms with E-state index in [0.717, 1.165) is 0 Å². The lowest BCUT2D eigenvalue weighted by Crippen LogP contribution is -2.17. The Kier molecular flexibility index (Phi) is 1.21. The molecule has 90 valence electrons. The monoisotopic (exact) mass is 229 g/mol. The van der Waals surface area contributed by atoms with Crippen LogP contribution in [0.4, 0.5) is 0 Å². The van der Waals surface area contributed by atoms with Gasteiger partial charge in [-0.2, -0.15) is 0 Å². The van der Waals surface area contributed by atoms with Crippen LogP contribution in [-0.4, -0.2) is 5.11 Å². The highest BCUT2D eigenvalue weighted by Crippen LogP contribution is 2.36. The van der Waals surface area contributed by atoms with E-state index in [4.69, 9.17) is 12.3 Å². The Balaban J connectivity index is 4.11. The van der Waals surface area contributed by atoms with E-state index in [2.05, 4.69) is 0 Å². The van der Waals surface area contributed by atoms with Gasteiger partial charge >= 0.3 is 0 Å². The van der Waals surface area contributed by atoms with Gasteiger partial charge in [-0.15, -0.1) is 0 Å². The molecule has 0 aliphatic heterocycles. The van der Waals surface area contributed by atoms with Gasteiger partial charge in [-0.1, -0.05) is 47.4 Å². The molecular formula is C15H24O. The molecule has 1 N–H and O–H groups in total. The van der Waals surface area contributed by atoms with Crippen LogP contribution in [0.25, 0.3) is 0 Å². The average Bonchev–Trinajstić information content (AvgIpc) is 2.24. The lowest BCUT2D eigenvalue weighted by Gasteiger charge is -2.27. The third-order valence-corrected chi connectivity index (χ3v) is 2.55. The number of aromatic hydroxyl groups is 1. The minimum Gasteiger partial charge on any atom is -0.508 e. The van der Waals surface area contributed by atoms with Crippen molar-refractivity contribution >= 4 is 0 Å². The van der Waals surface area contributed by atoms with E-state index in [0.29, 0.717) is 11.1 Å². The second-order valence-electron chi connectivity index (χ2n) is 5.18. The molecule has 0 aliphatic rings. The lowest BCUT2D eigenvalue weighted by molar-refractivity contribution is 0.444. The summed E-state index contributed by atoms with van der Waals surface area (Å²) in [5.74, 6) is -0.645. The molecule has 1 aromatic carbocycles. The van der Waals surface area contributed by atoms with Crippen LogP contribution >= 0.6 is 0 Å². The standard InChI is InChI=1S/C15H24O/c1-10-8-13(16)12(15(5,6)7)9-11(10)14(2,3)4/h8-9,16H,1-7H3/i5D3,6D3,7D3. The summed E-state index contributed by atoms with van der Waals surface area (Å²) >= 11 is 0. The fourth-order valence-electron chi connectivity index (χ4n) is 1.80. The van der Waals surface area contributed by atoms with Gasteiger partial charge in [0.05, 0.1) is 0 Å². The third kappa shape index (κ3) is 2.58. The molecule has 0 bridgehead atoms. The van der Waals surface area contributed by atoms with Gasteiger partial charge in [-0.25, -0.2) is 0 Å². The van der Waals surface area contributed by atoms with Gasteiger partial charge in [0.25, 0.3) is 0 Å². The Bertz CT molecular complexity index is 609. The number of phenolic OH excluding ortho intramolecular Hbond substituents is 1. The van der Waals surface area contributed by atoms with Crippen molar-refractivity contribution in [2.24, 2.45) is 0 Å². The van der Waals surface area contributed by atoms with Gasteiger partial charge in [-0.05, 0) is 40.5 Å². The Morgan fingerprint density at radius 1 is 1.00 bits per heavy atom. The molecule has 0 atom stereocenters. The predicted molar refractivity (Wildman–Crippen MR) is 70.2 cm³/mol. The van der Waals surface area contributed by atoms with E-state index in [1.165, 1.54) is 12.1 Å². The largest absolute Gasteiger partial charge is 0.508 e. The Labute approximate surface area is 112 Å². The van der Waals surface area contributed by atoms with Gasteiger partial charge in [0.1, 0.15) is 5.75 Å². The summed E-state index contributed by atoms with van der Waals surface area (Å²) in [7, 11) is 0. The molecule has 16 heavy (non-hydrogen) atoms. The topological polar surface area (TPSA) is 20.2 Å². The molecule has 1 heteroatoms.